The van der Waals surface area contributed by atoms with Crippen LogP contribution in [0.1, 0.15) is 0 Å². The molecule has 0 saturated heterocycles. The normalized spacial score (nSPS) is 10.3. The molecule has 21 heavy (non-hydrogen) atoms. The number of ether oxygens (including phenoxy) is 1. The summed E-state index contributed by atoms with van der Waals surface area (Å²) in [6.45, 7) is 0. The second-order valence-corrected chi connectivity index (χ2v) is 5.03. The average Bonchev–Trinajstić information content (AvgIpc) is 2.90. The molecular formula is C13H11N5O2S. The van der Waals surface area contributed by atoms with Crippen LogP contribution in [0, 0.1) is 0 Å². The van der Waals surface area contributed by atoms with E-state index in [0.717, 1.165) is 10.2 Å². The number of benzene rings is 1. The van der Waals surface area contributed by atoms with E-state index in [-0.39, 0.29) is 0 Å². The molecule has 1 aromatic carbocycles. The van der Waals surface area contributed by atoms with Gasteiger partial charge >= 0.3 is 6.03 Å². The topological polar surface area (TPSA) is 89.0 Å². The molecule has 0 radical (unpaired) electrons. The Kier molecular flexibility index (Phi) is 3.61. The molecule has 0 fully saturated rings. The van der Waals surface area contributed by atoms with Gasteiger partial charge in [-0.2, -0.15) is 0 Å². The first-order valence-electron chi connectivity index (χ1n) is 6.04. The summed E-state index contributed by atoms with van der Waals surface area (Å²) in [5, 5.41) is 5.72. The fourth-order valence-corrected chi connectivity index (χ4v) is 2.63. The van der Waals surface area contributed by atoms with Crippen molar-refractivity contribution in [2.24, 2.45) is 0 Å². The zero-order chi connectivity index (χ0) is 14.7. The van der Waals surface area contributed by atoms with Crippen molar-refractivity contribution in [3.8, 4) is 5.75 Å². The highest BCUT2D eigenvalue weighted by atomic mass is 32.1. The van der Waals surface area contributed by atoms with Gasteiger partial charge in [-0.05, 0) is 12.1 Å². The van der Waals surface area contributed by atoms with Crippen LogP contribution in [0.25, 0.3) is 10.2 Å². The lowest BCUT2D eigenvalue weighted by molar-refractivity contribution is 0.262. The first kappa shape index (κ1) is 13.3. The minimum absolute atomic E-state index is 0.369. The van der Waals surface area contributed by atoms with Crippen LogP contribution in [-0.2, 0) is 0 Å². The first-order valence-corrected chi connectivity index (χ1v) is 6.85. The Labute approximate surface area is 124 Å². The molecule has 0 bridgehead atoms. The number of nitrogens with one attached hydrogen (secondary N) is 2. The smallest absolute Gasteiger partial charge is 0.326 e. The predicted molar refractivity (Wildman–Crippen MR) is 80.8 cm³/mol. The largest absolute Gasteiger partial charge is 0.494 e. The van der Waals surface area contributed by atoms with Crippen molar-refractivity contribution < 1.29 is 9.53 Å². The number of carbonyl (C=O) groups excluding carboxylic acids is 1. The van der Waals surface area contributed by atoms with Gasteiger partial charge in [0.2, 0.25) is 0 Å². The number of aromatic nitrogens is 3. The Bertz CT molecular complexity index is 775. The maximum absolute atomic E-state index is 11.9. The fourth-order valence-electron chi connectivity index (χ4n) is 1.75. The van der Waals surface area contributed by atoms with Crippen LogP contribution in [-0.4, -0.2) is 28.1 Å². The van der Waals surface area contributed by atoms with E-state index in [0.29, 0.717) is 16.7 Å². The standard InChI is InChI=1S/C13H11N5O2S/c1-20-8-3-2-4-9-11(8)17-13(21-9)18-12(19)16-10-7-14-5-6-15-10/h2-7H,1H3,(H2,15,16,17,18,19). The van der Waals surface area contributed by atoms with E-state index in [2.05, 4.69) is 25.6 Å². The summed E-state index contributed by atoms with van der Waals surface area (Å²) in [7, 11) is 1.59. The van der Waals surface area contributed by atoms with Crippen molar-refractivity contribution in [3.63, 3.8) is 0 Å². The van der Waals surface area contributed by atoms with Crippen molar-refractivity contribution >= 4 is 38.5 Å². The van der Waals surface area contributed by atoms with Crippen LogP contribution < -0.4 is 15.4 Å². The first-order chi connectivity index (χ1) is 10.3. The Morgan fingerprint density at radius 1 is 1.29 bits per heavy atom. The molecule has 0 spiro atoms. The number of urea groups is 1. The van der Waals surface area contributed by atoms with Gasteiger partial charge in [0.05, 0.1) is 18.0 Å². The number of methoxy groups -OCH3 is 1. The van der Waals surface area contributed by atoms with Crippen molar-refractivity contribution in [2.75, 3.05) is 17.7 Å². The van der Waals surface area contributed by atoms with Crippen LogP contribution in [0.2, 0.25) is 0 Å². The molecule has 106 valence electrons. The van der Waals surface area contributed by atoms with Crippen molar-refractivity contribution in [1.29, 1.82) is 0 Å². The van der Waals surface area contributed by atoms with Gasteiger partial charge in [-0.25, -0.2) is 14.8 Å². The van der Waals surface area contributed by atoms with Crippen molar-refractivity contribution in [2.45, 2.75) is 0 Å². The van der Waals surface area contributed by atoms with E-state index in [9.17, 15) is 4.79 Å². The molecular weight excluding hydrogens is 290 g/mol. The summed E-state index contributed by atoms with van der Waals surface area (Å²) in [4.78, 5) is 24.0. The minimum atomic E-state index is -0.423. The fraction of sp³-hybridized carbons (Fsp3) is 0.0769. The highest BCUT2D eigenvalue weighted by Gasteiger charge is 2.11. The molecule has 2 amide bonds. The van der Waals surface area contributed by atoms with E-state index in [4.69, 9.17) is 4.74 Å². The van der Waals surface area contributed by atoms with Gasteiger partial charge in [0, 0.05) is 12.4 Å². The summed E-state index contributed by atoms with van der Waals surface area (Å²) in [5.41, 5.74) is 0.722. The quantitative estimate of drug-likeness (QED) is 0.776. The number of thiazole rings is 1. The summed E-state index contributed by atoms with van der Waals surface area (Å²) < 4.78 is 6.17. The third-order valence-corrected chi connectivity index (χ3v) is 3.56. The summed E-state index contributed by atoms with van der Waals surface area (Å²) >= 11 is 1.37. The highest BCUT2D eigenvalue weighted by molar-refractivity contribution is 7.22. The molecule has 2 heterocycles. The Morgan fingerprint density at radius 3 is 2.95 bits per heavy atom. The maximum Gasteiger partial charge on any atom is 0.326 e. The lowest BCUT2D eigenvalue weighted by atomic mass is 10.3. The van der Waals surface area contributed by atoms with E-state index in [1.165, 1.54) is 29.9 Å². The zero-order valence-corrected chi connectivity index (χ0v) is 11.8. The molecule has 0 saturated carbocycles. The molecule has 7 nitrogen and oxygen atoms in total. The van der Waals surface area contributed by atoms with Gasteiger partial charge < -0.3 is 4.74 Å². The molecule has 3 rings (SSSR count). The lowest BCUT2D eigenvalue weighted by Gasteiger charge is -2.03. The Balaban J connectivity index is 1.77. The zero-order valence-electron chi connectivity index (χ0n) is 11.0. The summed E-state index contributed by atoms with van der Waals surface area (Å²) in [6.07, 6.45) is 4.49. The number of amides is 2. The maximum atomic E-state index is 11.9. The Morgan fingerprint density at radius 2 is 2.19 bits per heavy atom. The molecule has 0 aliphatic rings. The van der Waals surface area contributed by atoms with Gasteiger partial charge in [-0.15, -0.1) is 0 Å². The number of hydrogen-bond donors (Lipinski definition) is 2. The van der Waals surface area contributed by atoms with Crippen LogP contribution in [0.3, 0.4) is 0 Å². The third-order valence-electron chi connectivity index (χ3n) is 2.63. The highest BCUT2D eigenvalue weighted by Crippen LogP contribution is 2.31. The predicted octanol–water partition coefficient (Wildman–Crippen LogP) is 2.74. The Hall–Kier alpha value is -2.74. The molecule has 0 atom stereocenters. The average molecular weight is 301 g/mol. The second kappa shape index (κ2) is 5.71. The minimum Gasteiger partial charge on any atom is -0.494 e. The van der Waals surface area contributed by atoms with Gasteiger partial charge in [0.25, 0.3) is 0 Å². The number of fused-ring (bicyclic) bond motifs is 1. The van der Waals surface area contributed by atoms with Gasteiger partial charge in [-0.1, -0.05) is 17.4 Å². The van der Waals surface area contributed by atoms with Crippen molar-refractivity contribution in [1.82, 2.24) is 15.0 Å². The van der Waals surface area contributed by atoms with Crippen molar-refractivity contribution in [3.05, 3.63) is 36.8 Å². The van der Waals surface area contributed by atoms with E-state index in [1.807, 2.05) is 18.2 Å². The van der Waals surface area contributed by atoms with Gasteiger partial charge in [0.15, 0.2) is 10.9 Å². The van der Waals surface area contributed by atoms with Gasteiger partial charge in [-0.3, -0.25) is 15.6 Å². The number of para-hydroxylation sites is 1. The molecule has 0 aliphatic carbocycles. The van der Waals surface area contributed by atoms with Crippen LogP contribution in [0.4, 0.5) is 15.7 Å². The number of carbonyl (C=O) groups is 1. The molecule has 0 unspecified atom stereocenters. The second-order valence-electron chi connectivity index (χ2n) is 4.00. The lowest BCUT2D eigenvalue weighted by Crippen LogP contribution is -2.19. The van der Waals surface area contributed by atoms with E-state index < -0.39 is 6.03 Å². The molecule has 2 aromatic heterocycles. The van der Waals surface area contributed by atoms with Crippen LogP contribution in [0.15, 0.2) is 36.8 Å². The number of anilines is 2. The summed E-state index contributed by atoms with van der Waals surface area (Å²) in [5.74, 6) is 1.04. The van der Waals surface area contributed by atoms with Crippen LogP contribution in [0.5, 0.6) is 5.75 Å². The molecule has 3 aromatic rings. The molecule has 0 aliphatic heterocycles. The van der Waals surface area contributed by atoms with E-state index in [1.54, 1.807) is 7.11 Å². The van der Waals surface area contributed by atoms with Crippen LogP contribution >= 0.6 is 11.3 Å². The molecule has 2 N–H and O–H groups in total. The number of rotatable bonds is 3. The SMILES string of the molecule is COc1cccc2sc(NC(=O)Nc3cnccn3)nc12. The number of nitrogens with zero attached hydrogens (tertiary/aromatic N) is 3. The monoisotopic (exact) mass is 301 g/mol. The van der Waals surface area contributed by atoms with Gasteiger partial charge in [0.1, 0.15) is 11.3 Å². The van der Waals surface area contributed by atoms with E-state index >= 15 is 0 Å². The summed E-state index contributed by atoms with van der Waals surface area (Å²) in [6, 6.07) is 5.20. The third kappa shape index (κ3) is 2.90. The number of hydrogen-bond acceptors (Lipinski definition) is 6. The molecule has 8 heteroatoms.